The largest absolute Gasteiger partial charge is 0.422 e. The molecule has 57 heavy (non-hydrogen) atoms. The molecule has 0 aliphatic carbocycles. The van der Waals surface area contributed by atoms with Crippen molar-refractivity contribution in [1.82, 2.24) is 0 Å². The van der Waals surface area contributed by atoms with Crippen molar-refractivity contribution in [1.29, 1.82) is 0 Å². The molecule has 288 valence electrons. The van der Waals surface area contributed by atoms with Gasteiger partial charge in [-0.25, -0.2) is 19.2 Å². The Morgan fingerprint density at radius 1 is 0.333 bits per heavy atom. The van der Waals surface area contributed by atoms with Gasteiger partial charge in [0.05, 0.1) is 32.0 Å². The van der Waals surface area contributed by atoms with E-state index in [-0.39, 0.29) is 0 Å². The van der Waals surface area contributed by atoms with E-state index >= 15 is 0 Å². The maximum Gasteiger partial charge on any atom is 0.343 e. The molecule has 0 radical (unpaired) electrons. The van der Waals surface area contributed by atoms with E-state index in [1.807, 2.05) is 65.8 Å². The van der Waals surface area contributed by atoms with Gasteiger partial charge < -0.3 is 18.9 Å². The van der Waals surface area contributed by atoms with Gasteiger partial charge in [0.2, 0.25) is 0 Å². The fourth-order valence-corrected chi connectivity index (χ4v) is 10.3. The zero-order valence-corrected chi connectivity index (χ0v) is 34.5. The van der Waals surface area contributed by atoms with E-state index in [9.17, 15) is 19.2 Å². The zero-order chi connectivity index (χ0) is 40.6. The predicted molar refractivity (Wildman–Crippen MR) is 226 cm³/mol. The van der Waals surface area contributed by atoms with Crippen LogP contribution in [0, 0.1) is 41.5 Å². The first-order valence-corrected chi connectivity index (χ1v) is 21.3. The lowest BCUT2D eigenvalue weighted by atomic mass is 10.0. The van der Waals surface area contributed by atoms with Crippen molar-refractivity contribution >= 4 is 55.3 Å². The third-order valence-electron chi connectivity index (χ3n) is 9.31. The number of rotatable bonds is 12. The number of hydrogen-bond acceptors (Lipinski definition) is 11. The van der Waals surface area contributed by atoms with Gasteiger partial charge in [0.1, 0.15) is 23.0 Å². The Morgan fingerprint density at radius 2 is 0.561 bits per heavy atom. The lowest BCUT2D eigenvalue weighted by molar-refractivity contribution is 0.0712. The Labute approximate surface area is 343 Å². The molecule has 0 fully saturated rings. The first-order chi connectivity index (χ1) is 27.5. The van der Waals surface area contributed by atoms with Crippen LogP contribution in [0.1, 0.15) is 74.8 Å². The van der Waals surface area contributed by atoms with Crippen molar-refractivity contribution in [2.24, 2.45) is 0 Å². The quantitative estimate of drug-likeness (QED) is 0.0669. The number of esters is 4. The molecule has 0 bridgehead atoms. The summed E-state index contributed by atoms with van der Waals surface area (Å²) in [7, 11) is 3.88. The molecule has 6 rings (SSSR count). The van der Waals surface area contributed by atoms with Gasteiger partial charge in [-0.3, -0.25) is 0 Å². The van der Waals surface area contributed by atoms with Crippen LogP contribution in [-0.4, -0.2) is 23.9 Å². The Bertz CT molecular complexity index is 2280. The van der Waals surface area contributed by atoms with Gasteiger partial charge in [0.25, 0.3) is 0 Å². The van der Waals surface area contributed by atoms with E-state index < -0.39 is 23.9 Å². The minimum Gasteiger partial charge on any atom is -0.422 e. The van der Waals surface area contributed by atoms with E-state index in [1.165, 1.54) is 31.4 Å². The van der Waals surface area contributed by atoms with Gasteiger partial charge in [-0.05, 0) is 144 Å². The molecule has 0 unspecified atom stereocenters. The summed E-state index contributed by atoms with van der Waals surface area (Å²) in [6.07, 6.45) is 0. The summed E-state index contributed by atoms with van der Waals surface area (Å²) in [6.45, 7) is 10.9. The summed E-state index contributed by atoms with van der Waals surface area (Å²) in [6, 6.07) is 34.8. The first-order valence-electron chi connectivity index (χ1n) is 17.8. The van der Waals surface area contributed by atoms with Crippen LogP contribution in [0.25, 0.3) is 0 Å². The highest BCUT2D eigenvalue weighted by Gasteiger charge is 2.28. The zero-order valence-electron chi connectivity index (χ0n) is 32.0. The number of carbonyl (C=O) groups is 4. The fraction of sp³-hybridized carbons (Fsp3) is 0.130. The van der Waals surface area contributed by atoms with Gasteiger partial charge >= 0.3 is 23.9 Å². The summed E-state index contributed by atoms with van der Waals surface area (Å²) in [4.78, 5) is 54.7. The molecule has 8 nitrogen and oxygen atoms in total. The molecule has 0 spiro atoms. The number of carbonyl (C=O) groups excluding carboxylic acids is 4. The maximum absolute atomic E-state index is 13.5. The van der Waals surface area contributed by atoms with Crippen molar-refractivity contribution in [3.05, 3.63) is 177 Å². The molecule has 6 aromatic rings. The maximum atomic E-state index is 13.5. The Kier molecular flexibility index (Phi) is 13.2. The van der Waals surface area contributed by atoms with Crippen LogP contribution in [0.3, 0.4) is 0 Å². The molecule has 0 amide bonds. The van der Waals surface area contributed by atoms with Crippen molar-refractivity contribution in [2.45, 2.75) is 51.3 Å². The summed E-state index contributed by atoms with van der Waals surface area (Å²) in [5.41, 5.74) is 5.20. The molecule has 0 aliphatic rings. The standard InChI is InChI=1S/C46H38O8S3/c1-27-29(3)39(53-45(49)35-23-15-9-16-24-35)41(31(5)37(27)51-43(47)33-19-11-7-12-20-33)55-57-56-42-32(6)38(52-44(48)34-21-13-8-14-22-34)28(2)30(4)40(42)54-46(50)36-25-17-10-18-26-36/h7-26H,1-6H3. The van der Waals surface area contributed by atoms with Crippen molar-refractivity contribution < 1.29 is 38.1 Å². The third kappa shape index (κ3) is 9.28. The molecule has 0 N–H and O–H groups in total. The predicted octanol–water partition coefficient (Wildman–Crippen LogP) is 11.9. The first kappa shape index (κ1) is 40.9. The van der Waals surface area contributed by atoms with Crippen LogP contribution in [0.15, 0.2) is 131 Å². The minimum atomic E-state index is -0.545. The summed E-state index contributed by atoms with van der Waals surface area (Å²) >= 11 is 0. The fourth-order valence-electron chi connectivity index (χ4n) is 5.87. The smallest absolute Gasteiger partial charge is 0.343 e. The number of ether oxygens (including phenoxy) is 4. The average molecular weight is 815 g/mol. The highest BCUT2D eigenvalue weighted by molar-refractivity contribution is 9.09. The second-order valence-corrected chi connectivity index (χ2v) is 16.9. The van der Waals surface area contributed by atoms with E-state index in [2.05, 4.69) is 0 Å². The summed E-state index contributed by atoms with van der Waals surface area (Å²) in [5.74, 6) is -0.800. The van der Waals surface area contributed by atoms with Crippen LogP contribution >= 0.6 is 31.4 Å². The number of benzene rings is 6. The van der Waals surface area contributed by atoms with E-state index in [1.54, 1.807) is 97.1 Å². The van der Waals surface area contributed by atoms with E-state index in [0.29, 0.717) is 88.4 Å². The second kappa shape index (κ2) is 18.5. The minimum absolute atomic E-state index is 0.321. The van der Waals surface area contributed by atoms with Crippen molar-refractivity contribution in [3.8, 4) is 23.0 Å². The van der Waals surface area contributed by atoms with E-state index in [4.69, 9.17) is 18.9 Å². The van der Waals surface area contributed by atoms with Crippen LogP contribution in [0.4, 0.5) is 0 Å². The Hall–Kier alpha value is -5.75. The monoisotopic (exact) mass is 814 g/mol. The van der Waals surface area contributed by atoms with Gasteiger partial charge in [-0.1, -0.05) is 72.8 Å². The van der Waals surface area contributed by atoms with Gasteiger partial charge in [-0.2, -0.15) is 0 Å². The highest BCUT2D eigenvalue weighted by atomic mass is 33.5. The molecule has 0 heterocycles. The average Bonchev–Trinajstić information content (AvgIpc) is 3.24. The highest BCUT2D eigenvalue weighted by Crippen LogP contribution is 2.56. The Morgan fingerprint density at radius 3 is 0.825 bits per heavy atom. The molecule has 6 aromatic carbocycles. The molecule has 0 aromatic heterocycles. The van der Waals surface area contributed by atoms with Crippen LogP contribution in [0.5, 0.6) is 23.0 Å². The van der Waals surface area contributed by atoms with Gasteiger partial charge in [0, 0.05) is 11.1 Å². The molecule has 11 heteroatoms. The Balaban J connectivity index is 1.39. The third-order valence-corrected chi connectivity index (χ3v) is 13.4. The molecule has 0 aliphatic heterocycles. The topological polar surface area (TPSA) is 105 Å². The lowest BCUT2D eigenvalue weighted by Crippen LogP contribution is -2.14. The molecular formula is C46H38O8S3. The van der Waals surface area contributed by atoms with Crippen LogP contribution < -0.4 is 18.9 Å². The van der Waals surface area contributed by atoms with Gasteiger partial charge in [-0.15, -0.1) is 0 Å². The SMILES string of the molecule is Cc1c(C)c(OC(=O)c2ccccc2)c(SSSc2c(C)c(OC(=O)c3ccccc3)c(C)c(C)c2OC(=O)c2ccccc2)c(C)c1OC(=O)c1ccccc1. The normalized spacial score (nSPS) is 10.8. The van der Waals surface area contributed by atoms with Crippen molar-refractivity contribution in [2.75, 3.05) is 0 Å². The van der Waals surface area contributed by atoms with Crippen LogP contribution in [0.2, 0.25) is 0 Å². The second-order valence-electron chi connectivity index (χ2n) is 13.0. The molecule has 0 saturated carbocycles. The molecule has 0 saturated heterocycles. The van der Waals surface area contributed by atoms with Gasteiger partial charge in [0.15, 0.2) is 0 Å². The van der Waals surface area contributed by atoms with E-state index in [0.717, 1.165) is 0 Å². The summed E-state index contributed by atoms with van der Waals surface area (Å²) in [5, 5.41) is 0. The molecule has 0 atom stereocenters. The molecular weight excluding hydrogens is 777 g/mol. The number of hydrogen-bond donors (Lipinski definition) is 0. The summed E-state index contributed by atoms with van der Waals surface area (Å²) < 4.78 is 24.3. The van der Waals surface area contributed by atoms with Crippen molar-refractivity contribution in [3.63, 3.8) is 0 Å². The lowest BCUT2D eigenvalue weighted by Gasteiger charge is -2.22. The van der Waals surface area contributed by atoms with Crippen LogP contribution in [-0.2, 0) is 0 Å².